The summed E-state index contributed by atoms with van der Waals surface area (Å²) in [6.45, 7) is 0. The fourth-order valence-electron chi connectivity index (χ4n) is 0.947. The zero-order chi connectivity index (χ0) is 12.1. The number of nitrogens with zero attached hydrogens (tertiary/aromatic N) is 2. The zero-order valence-electron chi connectivity index (χ0n) is 7.88. The molecule has 0 bridgehead atoms. The van der Waals surface area contributed by atoms with Crippen molar-refractivity contribution in [1.82, 2.24) is 5.43 Å². The molecular weight excluding hydrogens is 236 g/mol. The van der Waals surface area contributed by atoms with Crippen LogP contribution in [0.3, 0.4) is 0 Å². The highest BCUT2D eigenvalue weighted by Crippen LogP contribution is 2.19. The van der Waals surface area contributed by atoms with Crippen LogP contribution in [-0.4, -0.2) is 17.2 Å². The number of hydrogen-bond acceptors (Lipinski definition) is 4. The van der Waals surface area contributed by atoms with Crippen LogP contribution in [0.5, 0.6) is 0 Å². The van der Waals surface area contributed by atoms with Crippen molar-refractivity contribution in [2.24, 2.45) is 10.8 Å². The fraction of sp³-hybridized carbons (Fsp3) is 0. The number of nitro groups is 1. The van der Waals surface area contributed by atoms with Gasteiger partial charge < -0.3 is 5.73 Å². The molecule has 1 aromatic rings. The molecule has 0 heterocycles. The Morgan fingerprint density at radius 1 is 1.56 bits per heavy atom. The van der Waals surface area contributed by atoms with E-state index in [0.717, 1.165) is 0 Å². The number of halogens is 1. The number of carbonyl (C=O) groups is 1. The van der Waals surface area contributed by atoms with E-state index in [2.05, 4.69) is 5.10 Å². The van der Waals surface area contributed by atoms with Crippen molar-refractivity contribution in [2.75, 3.05) is 0 Å². The van der Waals surface area contributed by atoms with Gasteiger partial charge in [-0.3, -0.25) is 10.1 Å². The number of nitro benzene ring substituents is 1. The monoisotopic (exact) mass is 242 g/mol. The molecule has 0 atom stereocenters. The third-order valence-electron chi connectivity index (χ3n) is 1.50. The summed E-state index contributed by atoms with van der Waals surface area (Å²) < 4.78 is 0. The first-order valence-electron chi connectivity index (χ1n) is 4.02. The molecule has 0 radical (unpaired) electrons. The number of hydrazone groups is 1. The summed E-state index contributed by atoms with van der Waals surface area (Å²) in [7, 11) is 0. The average molecular weight is 243 g/mol. The van der Waals surface area contributed by atoms with Crippen molar-refractivity contribution in [3.8, 4) is 0 Å². The molecule has 8 heteroatoms. The molecule has 0 aliphatic rings. The minimum absolute atomic E-state index is 0.159. The van der Waals surface area contributed by atoms with Gasteiger partial charge in [-0.1, -0.05) is 11.6 Å². The molecule has 0 spiro atoms. The molecule has 16 heavy (non-hydrogen) atoms. The lowest BCUT2D eigenvalue weighted by Gasteiger charge is -1.96. The van der Waals surface area contributed by atoms with Gasteiger partial charge in [-0.05, 0) is 6.07 Å². The van der Waals surface area contributed by atoms with Gasteiger partial charge in [0, 0.05) is 22.7 Å². The third kappa shape index (κ3) is 3.54. The van der Waals surface area contributed by atoms with Crippen LogP contribution in [0.1, 0.15) is 5.56 Å². The maximum atomic E-state index is 10.5. The topological polar surface area (TPSA) is 111 Å². The molecule has 84 valence electrons. The van der Waals surface area contributed by atoms with Crippen LogP contribution in [0.15, 0.2) is 23.3 Å². The normalized spacial score (nSPS) is 10.3. The van der Waals surface area contributed by atoms with Crippen molar-refractivity contribution in [3.05, 3.63) is 38.9 Å². The first-order valence-corrected chi connectivity index (χ1v) is 4.40. The van der Waals surface area contributed by atoms with Crippen molar-refractivity contribution in [3.63, 3.8) is 0 Å². The van der Waals surface area contributed by atoms with E-state index in [4.69, 9.17) is 17.3 Å². The molecule has 0 aliphatic carbocycles. The Bertz CT molecular complexity index is 461. The van der Waals surface area contributed by atoms with Crippen molar-refractivity contribution >= 4 is 29.5 Å². The van der Waals surface area contributed by atoms with Crippen LogP contribution < -0.4 is 11.2 Å². The Morgan fingerprint density at radius 2 is 2.25 bits per heavy atom. The lowest BCUT2D eigenvalue weighted by Crippen LogP contribution is -2.24. The smallest absolute Gasteiger partial charge is 0.332 e. The van der Waals surface area contributed by atoms with E-state index in [0.29, 0.717) is 5.56 Å². The van der Waals surface area contributed by atoms with E-state index in [1.807, 2.05) is 5.43 Å². The zero-order valence-corrected chi connectivity index (χ0v) is 8.64. The standard InChI is InChI=1S/C8H7ClN4O3/c9-6-1-5(4-11-12-8(10)14)2-7(3-6)13(15)16/h1-4H,(H3,10,12,14). The van der Waals surface area contributed by atoms with Gasteiger partial charge in [0.1, 0.15) is 0 Å². The third-order valence-corrected chi connectivity index (χ3v) is 1.72. The van der Waals surface area contributed by atoms with Crippen LogP contribution >= 0.6 is 11.6 Å². The predicted octanol–water partition coefficient (Wildman–Crippen LogP) is 1.25. The number of primary amides is 1. The minimum atomic E-state index is -0.826. The van der Waals surface area contributed by atoms with Crippen molar-refractivity contribution < 1.29 is 9.72 Å². The second-order valence-corrected chi connectivity index (χ2v) is 3.17. The molecule has 3 N–H and O–H groups in total. The van der Waals surface area contributed by atoms with Gasteiger partial charge in [0.2, 0.25) is 0 Å². The van der Waals surface area contributed by atoms with Gasteiger partial charge in [-0.2, -0.15) is 5.10 Å². The number of nitrogens with one attached hydrogen (secondary N) is 1. The minimum Gasteiger partial charge on any atom is -0.350 e. The number of carbonyl (C=O) groups excluding carboxylic acids is 1. The van der Waals surface area contributed by atoms with Gasteiger partial charge in [0.15, 0.2) is 0 Å². The summed E-state index contributed by atoms with van der Waals surface area (Å²) in [4.78, 5) is 20.2. The van der Waals surface area contributed by atoms with E-state index >= 15 is 0 Å². The van der Waals surface area contributed by atoms with Gasteiger partial charge in [0.05, 0.1) is 11.1 Å². The van der Waals surface area contributed by atoms with Crippen LogP contribution in [0.25, 0.3) is 0 Å². The largest absolute Gasteiger partial charge is 0.350 e. The van der Waals surface area contributed by atoms with E-state index in [1.54, 1.807) is 0 Å². The second-order valence-electron chi connectivity index (χ2n) is 2.73. The van der Waals surface area contributed by atoms with Crippen molar-refractivity contribution in [1.29, 1.82) is 0 Å². The summed E-state index contributed by atoms with van der Waals surface area (Å²) in [5.41, 5.74) is 6.95. The number of amides is 2. The Balaban J connectivity index is 2.92. The molecular formula is C8H7ClN4O3. The number of benzene rings is 1. The predicted molar refractivity (Wildman–Crippen MR) is 58.4 cm³/mol. The van der Waals surface area contributed by atoms with Crippen molar-refractivity contribution in [2.45, 2.75) is 0 Å². The van der Waals surface area contributed by atoms with Crippen LogP contribution in [0.4, 0.5) is 10.5 Å². The maximum Gasteiger partial charge on any atom is 0.332 e. The molecule has 2 amide bonds. The second kappa shape index (κ2) is 5.08. The van der Waals surface area contributed by atoms with Crippen LogP contribution in [0.2, 0.25) is 5.02 Å². The van der Waals surface area contributed by atoms with E-state index < -0.39 is 11.0 Å². The number of urea groups is 1. The van der Waals surface area contributed by atoms with Gasteiger partial charge >= 0.3 is 6.03 Å². The van der Waals surface area contributed by atoms with Gasteiger partial charge in [0.25, 0.3) is 5.69 Å². The molecule has 7 nitrogen and oxygen atoms in total. The lowest BCUT2D eigenvalue weighted by molar-refractivity contribution is -0.384. The van der Waals surface area contributed by atoms with Crippen LogP contribution in [-0.2, 0) is 0 Å². The first kappa shape index (κ1) is 11.9. The Labute approximate surface area is 95.0 Å². The van der Waals surface area contributed by atoms with Crippen LogP contribution in [0, 0.1) is 10.1 Å². The number of nitrogens with two attached hydrogens (primary N) is 1. The fourth-order valence-corrected chi connectivity index (χ4v) is 1.18. The maximum absolute atomic E-state index is 10.5. The average Bonchev–Trinajstić information content (AvgIpc) is 2.16. The summed E-state index contributed by atoms with van der Waals surface area (Å²) in [6, 6.07) is 3.10. The molecule has 1 aromatic carbocycles. The molecule has 0 unspecified atom stereocenters. The SMILES string of the molecule is NC(=O)NN=Cc1cc(Cl)cc([N+](=O)[O-])c1. The highest BCUT2D eigenvalue weighted by atomic mass is 35.5. The Hall–Kier alpha value is -2.15. The first-order chi connectivity index (χ1) is 7.49. The summed E-state index contributed by atoms with van der Waals surface area (Å²) in [5, 5.41) is 14.2. The van der Waals surface area contributed by atoms with E-state index in [1.165, 1.54) is 24.4 Å². The highest BCUT2D eigenvalue weighted by Gasteiger charge is 2.07. The number of hydrogen-bond donors (Lipinski definition) is 2. The van der Waals surface area contributed by atoms with Gasteiger partial charge in [-0.15, -0.1) is 0 Å². The number of rotatable bonds is 3. The summed E-state index contributed by atoms with van der Waals surface area (Å²) in [6.07, 6.45) is 1.20. The lowest BCUT2D eigenvalue weighted by atomic mass is 10.2. The molecule has 0 aliphatic heterocycles. The molecule has 0 saturated heterocycles. The Kier molecular flexibility index (Phi) is 3.78. The quantitative estimate of drug-likeness (QED) is 0.473. The number of non-ortho nitro benzene ring substituents is 1. The van der Waals surface area contributed by atoms with E-state index in [9.17, 15) is 14.9 Å². The van der Waals surface area contributed by atoms with E-state index in [-0.39, 0.29) is 10.7 Å². The summed E-state index contributed by atoms with van der Waals surface area (Å²) in [5.74, 6) is 0. The Morgan fingerprint density at radius 3 is 2.81 bits per heavy atom. The molecule has 1 rings (SSSR count). The van der Waals surface area contributed by atoms with Gasteiger partial charge in [-0.25, -0.2) is 10.2 Å². The summed E-state index contributed by atoms with van der Waals surface area (Å²) >= 11 is 5.66. The molecule has 0 aromatic heterocycles. The molecule has 0 saturated carbocycles. The molecule has 0 fully saturated rings. The highest BCUT2D eigenvalue weighted by molar-refractivity contribution is 6.31.